The van der Waals surface area contributed by atoms with Crippen LogP contribution in [0.2, 0.25) is 0 Å². The average Bonchev–Trinajstić information content (AvgIpc) is 2.48. The Morgan fingerprint density at radius 3 is 1.83 bits per heavy atom. The summed E-state index contributed by atoms with van der Waals surface area (Å²) in [7, 11) is -3.78. The molecule has 0 heterocycles. The van der Waals surface area contributed by atoms with Crippen LogP contribution in [0, 0.1) is 0 Å². The Morgan fingerprint density at radius 2 is 1.43 bits per heavy atom. The van der Waals surface area contributed by atoms with Crippen LogP contribution in [0.3, 0.4) is 0 Å². The third-order valence-electron chi connectivity index (χ3n) is 2.53. The van der Waals surface area contributed by atoms with Gasteiger partial charge in [0.1, 0.15) is 6.29 Å². The Bertz CT molecular complexity index is 323. The average molecular weight is 355 g/mol. The quantitative estimate of drug-likeness (QED) is 0.189. The first-order chi connectivity index (χ1) is 10.9. The summed E-state index contributed by atoms with van der Waals surface area (Å²) in [5.74, 6) is -0.152. The lowest BCUT2D eigenvalue weighted by Gasteiger charge is -2.09. The van der Waals surface area contributed by atoms with Crippen LogP contribution in [0.25, 0.3) is 0 Å². The van der Waals surface area contributed by atoms with Crippen molar-refractivity contribution in [2.75, 3.05) is 19.0 Å². The van der Waals surface area contributed by atoms with Gasteiger partial charge in [-0.1, -0.05) is 19.3 Å². The maximum absolute atomic E-state index is 10.3. The number of hydrogen-bond donors (Lipinski definition) is 1. The number of carbonyl (C=O) groups excluding carboxylic acids is 1. The van der Waals surface area contributed by atoms with Crippen LogP contribution in [0.5, 0.6) is 0 Å². The first kappa shape index (κ1) is 27.1. The zero-order valence-corrected chi connectivity index (χ0v) is 15.6. The third-order valence-corrected chi connectivity index (χ3v) is 3.33. The van der Waals surface area contributed by atoms with Gasteiger partial charge in [0, 0.05) is 19.6 Å². The van der Waals surface area contributed by atoms with Crippen molar-refractivity contribution >= 4 is 16.4 Å². The predicted octanol–water partition coefficient (Wildman–Crippen LogP) is 3.62. The fourth-order valence-corrected chi connectivity index (χ4v) is 2.13. The number of rotatable bonds is 12. The first-order valence-electron chi connectivity index (χ1n) is 7.99. The van der Waals surface area contributed by atoms with Gasteiger partial charge in [0.05, 0.1) is 5.75 Å². The number of carbonyl (C=O) groups is 1. The van der Waals surface area contributed by atoms with Crippen molar-refractivity contribution in [2.45, 2.75) is 65.6 Å². The van der Waals surface area contributed by atoms with Crippen molar-refractivity contribution in [3.05, 3.63) is 13.2 Å². The molecule has 0 saturated carbocycles. The summed E-state index contributed by atoms with van der Waals surface area (Å²) in [6, 6.07) is 0. The second-order valence-corrected chi connectivity index (χ2v) is 6.06. The van der Waals surface area contributed by atoms with Crippen LogP contribution in [-0.4, -0.2) is 44.5 Å². The van der Waals surface area contributed by atoms with E-state index < -0.39 is 10.1 Å². The molecule has 140 valence electrons. The summed E-state index contributed by atoms with van der Waals surface area (Å²) in [6.07, 6.45) is 5.46. The van der Waals surface area contributed by atoms with E-state index in [-0.39, 0.29) is 12.0 Å². The molecule has 0 aliphatic carbocycles. The number of hydrogen-bond acceptors (Lipinski definition) is 5. The van der Waals surface area contributed by atoms with Gasteiger partial charge in [0.25, 0.3) is 10.1 Å². The van der Waals surface area contributed by atoms with E-state index in [4.69, 9.17) is 14.0 Å². The van der Waals surface area contributed by atoms with Gasteiger partial charge in [0.15, 0.2) is 6.29 Å². The van der Waals surface area contributed by atoms with Gasteiger partial charge < -0.3 is 14.3 Å². The van der Waals surface area contributed by atoms with E-state index >= 15 is 0 Å². The zero-order valence-electron chi connectivity index (χ0n) is 14.8. The van der Waals surface area contributed by atoms with E-state index in [9.17, 15) is 13.2 Å². The van der Waals surface area contributed by atoms with Gasteiger partial charge in [-0.15, -0.1) is 13.2 Å². The smallest absolute Gasteiger partial charge is 0.264 e. The van der Waals surface area contributed by atoms with Gasteiger partial charge in [-0.25, -0.2) is 0 Å². The zero-order chi connectivity index (χ0) is 18.6. The van der Waals surface area contributed by atoms with E-state index in [0.717, 1.165) is 45.2 Å². The van der Waals surface area contributed by atoms with Crippen LogP contribution in [-0.2, 0) is 24.4 Å². The fraction of sp³-hybridized carbons (Fsp3) is 0.812. The van der Waals surface area contributed by atoms with E-state index in [1.165, 1.54) is 0 Å². The second-order valence-electron chi connectivity index (χ2n) is 4.49. The summed E-state index contributed by atoms with van der Waals surface area (Å²) in [4.78, 5) is 9.91. The van der Waals surface area contributed by atoms with E-state index in [1.807, 2.05) is 20.8 Å². The molecule has 0 aromatic carbocycles. The van der Waals surface area contributed by atoms with Crippen molar-refractivity contribution in [1.29, 1.82) is 0 Å². The molecule has 0 rings (SSSR count). The lowest BCUT2D eigenvalue weighted by atomic mass is 10.1. The molecule has 6 nitrogen and oxygen atoms in total. The molecule has 0 unspecified atom stereocenters. The number of unbranched alkanes of at least 4 members (excludes halogenated alkanes) is 5. The van der Waals surface area contributed by atoms with E-state index in [2.05, 4.69) is 13.2 Å². The highest BCUT2D eigenvalue weighted by atomic mass is 32.2. The minimum Gasteiger partial charge on any atom is -0.353 e. The molecule has 7 heteroatoms. The minimum atomic E-state index is -3.78. The molecule has 0 bridgehead atoms. The molecule has 23 heavy (non-hydrogen) atoms. The molecule has 0 saturated heterocycles. The van der Waals surface area contributed by atoms with Crippen LogP contribution < -0.4 is 0 Å². The Balaban J connectivity index is -0.000000343. The van der Waals surface area contributed by atoms with Crippen molar-refractivity contribution in [3.8, 4) is 0 Å². The molecule has 0 aliphatic rings. The molecule has 0 amide bonds. The van der Waals surface area contributed by atoms with Crippen molar-refractivity contribution in [3.63, 3.8) is 0 Å². The normalized spacial score (nSPS) is 10.3. The van der Waals surface area contributed by atoms with Gasteiger partial charge in [-0.05, 0) is 33.6 Å². The van der Waals surface area contributed by atoms with Crippen molar-refractivity contribution in [2.24, 2.45) is 0 Å². The summed E-state index contributed by atoms with van der Waals surface area (Å²) in [6.45, 7) is 13.3. The molecule has 0 aromatic heterocycles. The highest BCUT2D eigenvalue weighted by Gasteiger charge is 2.02. The largest absolute Gasteiger partial charge is 0.353 e. The standard InChI is InChI=1S/C8H16O4S.C6H14O2.C2H4/c9-7-5-3-1-2-4-6-8-13(10,11)12;1-4-7-6(3)8-5-2;1-2/h7H,1-6,8H2,(H,10,11,12);6H,4-5H2,1-3H3;1-2H2. The van der Waals surface area contributed by atoms with E-state index in [1.54, 1.807) is 0 Å². The second kappa shape index (κ2) is 21.2. The van der Waals surface area contributed by atoms with Crippen molar-refractivity contribution < 1.29 is 27.2 Å². The first-order valence-corrected chi connectivity index (χ1v) is 9.60. The van der Waals surface area contributed by atoms with E-state index in [0.29, 0.717) is 12.8 Å². The monoisotopic (exact) mass is 354 g/mol. The third kappa shape index (κ3) is 33.9. The maximum atomic E-state index is 10.3. The molecular weight excluding hydrogens is 320 g/mol. The highest BCUT2D eigenvalue weighted by molar-refractivity contribution is 7.85. The molecule has 0 aromatic rings. The van der Waals surface area contributed by atoms with Gasteiger partial charge in [0.2, 0.25) is 0 Å². The van der Waals surface area contributed by atoms with Crippen LogP contribution in [0.15, 0.2) is 13.2 Å². The molecular formula is C16H34O6S. The minimum absolute atomic E-state index is 0.0370. The number of ether oxygens (including phenoxy) is 2. The molecule has 0 atom stereocenters. The Labute approximate surface area is 142 Å². The molecule has 0 aliphatic heterocycles. The van der Waals surface area contributed by atoms with Crippen molar-refractivity contribution in [1.82, 2.24) is 0 Å². The topological polar surface area (TPSA) is 89.9 Å². The summed E-state index contributed by atoms with van der Waals surface area (Å²) in [5, 5.41) is 0. The van der Waals surface area contributed by atoms with Crippen LogP contribution in [0.4, 0.5) is 0 Å². The maximum Gasteiger partial charge on any atom is 0.264 e. The van der Waals surface area contributed by atoms with Gasteiger partial charge in [-0.3, -0.25) is 4.55 Å². The van der Waals surface area contributed by atoms with Gasteiger partial charge >= 0.3 is 0 Å². The van der Waals surface area contributed by atoms with Crippen LogP contribution >= 0.6 is 0 Å². The molecule has 0 spiro atoms. The number of aldehydes is 1. The Hall–Kier alpha value is -0.760. The predicted molar refractivity (Wildman–Crippen MR) is 94.1 cm³/mol. The fourth-order valence-electron chi connectivity index (χ4n) is 1.56. The highest BCUT2D eigenvalue weighted by Crippen LogP contribution is 2.05. The molecule has 0 fully saturated rings. The Morgan fingerprint density at radius 1 is 1.00 bits per heavy atom. The summed E-state index contributed by atoms with van der Waals surface area (Å²) >= 11 is 0. The lowest BCUT2D eigenvalue weighted by molar-refractivity contribution is -0.123. The van der Waals surface area contributed by atoms with Gasteiger partial charge in [-0.2, -0.15) is 8.42 Å². The SMILES string of the molecule is C=C.CCOC(C)OCC.O=CCCCCCCCS(=O)(=O)O. The molecule has 0 radical (unpaired) electrons. The molecule has 1 N–H and O–H groups in total. The Kier molecular flexibility index (Phi) is 25.0. The summed E-state index contributed by atoms with van der Waals surface area (Å²) in [5.41, 5.74) is 0. The van der Waals surface area contributed by atoms with Crippen LogP contribution in [0.1, 0.15) is 59.3 Å². The lowest BCUT2D eigenvalue weighted by Crippen LogP contribution is -2.11. The summed E-state index contributed by atoms with van der Waals surface area (Å²) < 4.78 is 39.1.